The number of hydrogen-bond acceptors (Lipinski definition) is 2. The predicted molar refractivity (Wildman–Crippen MR) is 65.1 cm³/mol. The molecule has 4 rings (SSSR count). The summed E-state index contributed by atoms with van der Waals surface area (Å²) in [6, 6.07) is 0.247. The topological polar surface area (TPSA) is 32.3 Å². The second-order valence-electron chi connectivity index (χ2n) is 6.80. The second-order valence-corrected chi connectivity index (χ2v) is 6.80. The fourth-order valence-electron chi connectivity index (χ4n) is 5.23. The van der Waals surface area contributed by atoms with E-state index in [2.05, 4.69) is 12.2 Å². The van der Waals surface area contributed by atoms with Gasteiger partial charge in [0.1, 0.15) is 0 Å². The van der Waals surface area contributed by atoms with Crippen molar-refractivity contribution in [3.05, 3.63) is 0 Å². The molecule has 0 radical (unpaired) electrons. The first-order valence-electron chi connectivity index (χ1n) is 6.98. The maximum Gasteiger partial charge on any atom is 0.0746 e. The molecule has 4 aliphatic carbocycles. The van der Waals surface area contributed by atoms with Crippen LogP contribution in [0.3, 0.4) is 0 Å². The first-order chi connectivity index (χ1) is 7.63. The Morgan fingerprint density at radius 3 is 1.88 bits per heavy atom. The largest absolute Gasteiger partial charge is 0.391 e. The van der Waals surface area contributed by atoms with Crippen molar-refractivity contribution in [1.29, 1.82) is 0 Å². The molecule has 4 fully saturated rings. The average Bonchev–Trinajstić information content (AvgIpc) is 2.25. The zero-order chi connectivity index (χ0) is 11.3. The summed E-state index contributed by atoms with van der Waals surface area (Å²) in [5.41, 5.74) is 0.275. The van der Waals surface area contributed by atoms with Gasteiger partial charge >= 0.3 is 0 Å². The van der Waals surface area contributed by atoms with Crippen LogP contribution in [-0.4, -0.2) is 24.3 Å². The number of aliphatic hydroxyl groups excluding tert-OH is 1. The normalized spacial score (nSPS) is 49.3. The van der Waals surface area contributed by atoms with Crippen LogP contribution in [0.25, 0.3) is 0 Å². The van der Waals surface area contributed by atoms with Gasteiger partial charge in [-0.3, -0.25) is 0 Å². The molecule has 4 bridgehead atoms. The molecule has 92 valence electrons. The summed E-state index contributed by atoms with van der Waals surface area (Å²) in [6.07, 6.45) is 8.13. The molecule has 2 heteroatoms. The number of hydrogen-bond donors (Lipinski definition) is 2. The molecule has 0 aromatic rings. The van der Waals surface area contributed by atoms with E-state index in [0.29, 0.717) is 0 Å². The Morgan fingerprint density at radius 2 is 1.50 bits per heavy atom. The highest BCUT2D eigenvalue weighted by molar-refractivity contribution is 5.05. The molecule has 0 amide bonds. The van der Waals surface area contributed by atoms with E-state index in [0.717, 1.165) is 17.8 Å². The van der Waals surface area contributed by atoms with Gasteiger partial charge in [0, 0.05) is 6.04 Å². The summed E-state index contributed by atoms with van der Waals surface area (Å²) in [7, 11) is 1.97. The van der Waals surface area contributed by atoms with Crippen LogP contribution in [-0.2, 0) is 0 Å². The molecule has 2 unspecified atom stereocenters. The third kappa shape index (κ3) is 1.53. The third-order valence-corrected chi connectivity index (χ3v) is 5.64. The Kier molecular flexibility index (Phi) is 2.56. The molecule has 0 heterocycles. The second kappa shape index (κ2) is 3.71. The summed E-state index contributed by atoms with van der Waals surface area (Å²) in [5.74, 6) is 2.81. The van der Waals surface area contributed by atoms with Crippen molar-refractivity contribution in [3.8, 4) is 0 Å². The average molecular weight is 223 g/mol. The molecule has 4 saturated carbocycles. The van der Waals surface area contributed by atoms with Gasteiger partial charge in [-0.25, -0.2) is 0 Å². The van der Waals surface area contributed by atoms with Crippen molar-refractivity contribution in [2.45, 2.75) is 57.6 Å². The molecule has 0 aromatic carbocycles. The van der Waals surface area contributed by atoms with E-state index in [-0.39, 0.29) is 17.6 Å². The summed E-state index contributed by atoms with van der Waals surface area (Å²) < 4.78 is 0. The van der Waals surface area contributed by atoms with Gasteiger partial charge in [-0.05, 0) is 75.7 Å². The Hall–Kier alpha value is -0.0800. The molecule has 2 atom stereocenters. The van der Waals surface area contributed by atoms with Crippen LogP contribution in [0.4, 0.5) is 0 Å². The minimum absolute atomic E-state index is 0.133. The lowest BCUT2D eigenvalue weighted by Crippen LogP contribution is -2.56. The lowest BCUT2D eigenvalue weighted by molar-refractivity contribution is -0.127. The standard InChI is InChI=1S/C14H25NO/c1-9(15-2)13(16)14-6-10-3-11(7-14)5-12(4-10)8-14/h9-13,15-16H,3-8H2,1-2H3. The van der Waals surface area contributed by atoms with Crippen LogP contribution in [0.2, 0.25) is 0 Å². The predicted octanol–water partition coefficient (Wildman–Crippen LogP) is 2.17. The molecule has 16 heavy (non-hydrogen) atoms. The Morgan fingerprint density at radius 1 is 1.06 bits per heavy atom. The van der Waals surface area contributed by atoms with Crippen LogP contribution in [0.1, 0.15) is 45.4 Å². The van der Waals surface area contributed by atoms with Gasteiger partial charge in [-0.2, -0.15) is 0 Å². The highest BCUT2D eigenvalue weighted by Gasteiger charge is 2.54. The number of rotatable bonds is 3. The minimum atomic E-state index is -0.133. The molecule has 0 spiro atoms. The van der Waals surface area contributed by atoms with E-state index in [9.17, 15) is 5.11 Å². The molecule has 4 aliphatic rings. The summed E-state index contributed by atoms with van der Waals surface area (Å²) in [5, 5.41) is 13.9. The smallest absolute Gasteiger partial charge is 0.0746 e. The Bertz CT molecular complexity index is 241. The highest BCUT2D eigenvalue weighted by atomic mass is 16.3. The van der Waals surface area contributed by atoms with Gasteiger partial charge < -0.3 is 10.4 Å². The SMILES string of the molecule is CNC(C)C(O)C12CC3CC(CC(C3)C1)C2. The minimum Gasteiger partial charge on any atom is -0.391 e. The van der Waals surface area contributed by atoms with Gasteiger partial charge in [-0.1, -0.05) is 0 Å². The van der Waals surface area contributed by atoms with Crippen molar-refractivity contribution in [1.82, 2.24) is 5.32 Å². The van der Waals surface area contributed by atoms with Gasteiger partial charge in [0.15, 0.2) is 0 Å². The van der Waals surface area contributed by atoms with Gasteiger partial charge in [-0.15, -0.1) is 0 Å². The van der Waals surface area contributed by atoms with Gasteiger partial charge in [0.2, 0.25) is 0 Å². The fraction of sp³-hybridized carbons (Fsp3) is 1.00. The Labute approximate surface area is 98.8 Å². The van der Waals surface area contributed by atoms with E-state index in [1.807, 2.05) is 7.05 Å². The molecule has 0 aliphatic heterocycles. The molecule has 2 N–H and O–H groups in total. The maximum absolute atomic E-state index is 10.6. The molecular weight excluding hydrogens is 198 g/mol. The van der Waals surface area contributed by atoms with Crippen molar-refractivity contribution >= 4 is 0 Å². The molecule has 0 aromatic heterocycles. The first kappa shape index (κ1) is 11.0. The van der Waals surface area contributed by atoms with Crippen molar-refractivity contribution in [3.63, 3.8) is 0 Å². The summed E-state index contributed by atoms with van der Waals surface area (Å²) in [4.78, 5) is 0. The van der Waals surface area contributed by atoms with E-state index >= 15 is 0 Å². The lowest BCUT2D eigenvalue weighted by atomic mass is 9.47. The number of likely N-dealkylation sites (N-methyl/N-ethyl adjacent to an activating group) is 1. The fourth-order valence-corrected chi connectivity index (χ4v) is 5.23. The van der Waals surface area contributed by atoms with E-state index in [1.165, 1.54) is 38.5 Å². The lowest BCUT2D eigenvalue weighted by Gasteiger charge is -2.59. The maximum atomic E-state index is 10.6. The third-order valence-electron chi connectivity index (χ3n) is 5.64. The van der Waals surface area contributed by atoms with Crippen LogP contribution in [0.15, 0.2) is 0 Å². The first-order valence-corrected chi connectivity index (χ1v) is 6.98. The van der Waals surface area contributed by atoms with Crippen LogP contribution >= 0.6 is 0 Å². The highest BCUT2D eigenvalue weighted by Crippen LogP contribution is 2.61. The van der Waals surface area contributed by atoms with Crippen molar-refractivity contribution in [2.75, 3.05) is 7.05 Å². The molecular formula is C14H25NO. The number of nitrogens with one attached hydrogen (secondary N) is 1. The molecule has 2 nitrogen and oxygen atoms in total. The number of aliphatic hydroxyl groups is 1. The monoisotopic (exact) mass is 223 g/mol. The Balaban J connectivity index is 1.82. The quantitative estimate of drug-likeness (QED) is 0.768. The van der Waals surface area contributed by atoms with E-state index < -0.39 is 0 Å². The zero-order valence-corrected chi connectivity index (χ0v) is 10.6. The van der Waals surface area contributed by atoms with E-state index in [4.69, 9.17) is 0 Å². The van der Waals surface area contributed by atoms with Crippen LogP contribution in [0, 0.1) is 23.2 Å². The molecule has 0 saturated heterocycles. The van der Waals surface area contributed by atoms with Gasteiger partial charge in [0.25, 0.3) is 0 Å². The summed E-state index contributed by atoms with van der Waals surface area (Å²) in [6.45, 7) is 2.13. The van der Waals surface area contributed by atoms with E-state index in [1.54, 1.807) is 0 Å². The van der Waals surface area contributed by atoms with Crippen LogP contribution < -0.4 is 5.32 Å². The summed E-state index contributed by atoms with van der Waals surface area (Å²) >= 11 is 0. The van der Waals surface area contributed by atoms with Crippen molar-refractivity contribution < 1.29 is 5.11 Å². The van der Waals surface area contributed by atoms with Crippen molar-refractivity contribution in [2.24, 2.45) is 23.2 Å². The van der Waals surface area contributed by atoms with Crippen LogP contribution in [0.5, 0.6) is 0 Å². The van der Waals surface area contributed by atoms with Gasteiger partial charge in [0.05, 0.1) is 6.10 Å². The zero-order valence-electron chi connectivity index (χ0n) is 10.6.